The maximum absolute atomic E-state index is 12.1. The van der Waals surface area contributed by atoms with Gasteiger partial charge in [0.25, 0.3) is 0 Å². The van der Waals surface area contributed by atoms with E-state index in [2.05, 4.69) is 12.2 Å². The zero-order chi connectivity index (χ0) is 14.6. The maximum atomic E-state index is 12.1. The second-order valence-corrected chi connectivity index (χ2v) is 6.17. The number of fused-ring (bicyclic) bond motifs is 1. The summed E-state index contributed by atoms with van der Waals surface area (Å²) in [5.74, 6) is -1.55. The summed E-state index contributed by atoms with van der Waals surface area (Å²) in [5, 5.41) is 22.4. The fourth-order valence-electron chi connectivity index (χ4n) is 3.87. The summed E-state index contributed by atoms with van der Waals surface area (Å²) in [4.78, 5) is 25.0. The molecule has 3 aliphatic heterocycles. The van der Waals surface area contributed by atoms with Crippen LogP contribution in [0, 0.1) is 11.8 Å². The Morgan fingerprint density at radius 2 is 2.20 bits per heavy atom. The van der Waals surface area contributed by atoms with Crippen molar-refractivity contribution in [3.8, 4) is 0 Å². The van der Waals surface area contributed by atoms with Crippen LogP contribution in [0.25, 0.3) is 0 Å². The van der Waals surface area contributed by atoms with E-state index < -0.39 is 18.0 Å². The highest BCUT2D eigenvalue weighted by molar-refractivity contribution is 5.99. The predicted octanol–water partition coefficient (Wildman–Crippen LogP) is -0.0654. The van der Waals surface area contributed by atoms with Gasteiger partial charge in [-0.1, -0.05) is 0 Å². The van der Waals surface area contributed by atoms with Gasteiger partial charge in [0.2, 0.25) is 5.91 Å². The highest BCUT2D eigenvalue weighted by Gasteiger charge is 2.57. The van der Waals surface area contributed by atoms with Crippen LogP contribution in [0.3, 0.4) is 0 Å². The third kappa shape index (κ3) is 1.78. The van der Waals surface area contributed by atoms with Crippen molar-refractivity contribution in [3.05, 3.63) is 11.3 Å². The van der Waals surface area contributed by atoms with E-state index in [0.29, 0.717) is 12.5 Å². The van der Waals surface area contributed by atoms with Gasteiger partial charge in [0.05, 0.1) is 18.1 Å². The minimum absolute atomic E-state index is 0.165. The van der Waals surface area contributed by atoms with Crippen molar-refractivity contribution in [2.24, 2.45) is 11.8 Å². The van der Waals surface area contributed by atoms with Crippen molar-refractivity contribution < 1.29 is 19.8 Å². The first-order valence-corrected chi connectivity index (χ1v) is 7.12. The number of carboxylic acid groups (broad SMARTS) is 1. The molecule has 0 saturated carbocycles. The van der Waals surface area contributed by atoms with Gasteiger partial charge in [-0.15, -0.1) is 0 Å². The highest BCUT2D eigenvalue weighted by Crippen LogP contribution is 2.46. The standard InChI is InChI=1S/C14H20N2O4/c1-6-3-8(5-15-6)9-4-10-11(7(2)17)13(18)16(10)12(9)14(19)20/h6-8,10-11,15,17H,3-5H2,1-2H3,(H,19,20)/t6-,7-,8?,10-,11-/m1/s1. The Morgan fingerprint density at radius 3 is 2.70 bits per heavy atom. The molecule has 3 rings (SSSR count). The summed E-state index contributed by atoms with van der Waals surface area (Å²) in [6.07, 6.45) is 0.765. The predicted molar refractivity (Wildman–Crippen MR) is 70.7 cm³/mol. The van der Waals surface area contributed by atoms with Crippen LogP contribution < -0.4 is 5.32 Å². The number of carbonyl (C=O) groups is 2. The number of amides is 1. The number of carboxylic acids is 1. The average Bonchev–Trinajstić information content (AvgIpc) is 2.90. The normalized spacial score (nSPS) is 38.0. The largest absolute Gasteiger partial charge is 0.477 e. The van der Waals surface area contributed by atoms with Crippen molar-refractivity contribution in [2.75, 3.05) is 6.54 Å². The lowest BCUT2D eigenvalue weighted by Crippen LogP contribution is -2.61. The molecule has 0 aliphatic carbocycles. The van der Waals surface area contributed by atoms with E-state index in [9.17, 15) is 19.8 Å². The molecule has 2 fully saturated rings. The molecule has 3 aliphatic rings. The number of aliphatic hydroxyl groups is 1. The molecule has 5 atom stereocenters. The van der Waals surface area contributed by atoms with Crippen LogP contribution in [0.4, 0.5) is 0 Å². The Morgan fingerprint density at radius 1 is 1.50 bits per heavy atom. The SMILES string of the molecule is C[C@@H]1CC(C2=C(C(=O)O)N3C(=O)[C@H]([C@@H](C)O)[C@H]3C2)CN1. The van der Waals surface area contributed by atoms with Gasteiger partial charge in [-0.05, 0) is 38.2 Å². The van der Waals surface area contributed by atoms with Crippen LogP contribution in [0.5, 0.6) is 0 Å². The van der Waals surface area contributed by atoms with Gasteiger partial charge in [0.15, 0.2) is 0 Å². The number of rotatable bonds is 3. The first kappa shape index (κ1) is 13.6. The number of aliphatic carboxylic acids is 1. The highest BCUT2D eigenvalue weighted by atomic mass is 16.4. The zero-order valence-electron chi connectivity index (χ0n) is 11.7. The lowest BCUT2D eigenvalue weighted by atomic mass is 9.81. The van der Waals surface area contributed by atoms with Crippen LogP contribution in [-0.4, -0.2) is 51.7 Å². The topological polar surface area (TPSA) is 89.9 Å². The van der Waals surface area contributed by atoms with Crippen molar-refractivity contribution in [3.63, 3.8) is 0 Å². The van der Waals surface area contributed by atoms with E-state index in [1.54, 1.807) is 6.92 Å². The molecular formula is C14H20N2O4. The van der Waals surface area contributed by atoms with Gasteiger partial charge in [-0.2, -0.15) is 0 Å². The molecule has 0 aromatic heterocycles. The monoisotopic (exact) mass is 280 g/mol. The molecule has 2 saturated heterocycles. The van der Waals surface area contributed by atoms with E-state index in [4.69, 9.17) is 0 Å². The summed E-state index contributed by atoms with van der Waals surface area (Å²) >= 11 is 0. The number of hydrogen-bond acceptors (Lipinski definition) is 4. The Hall–Kier alpha value is -1.40. The average molecular weight is 280 g/mol. The second kappa shape index (κ2) is 4.56. The molecule has 20 heavy (non-hydrogen) atoms. The van der Waals surface area contributed by atoms with Gasteiger partial charge < -0.3 is 20.4 Å². The minimum atomic E-state index is -1.03. The first-order valence-electron chi connectivity index (χ1n) is 7.12. The number of hydrogen-bond donors (Lipinski definition) is 3. The molecule has 6 nitrogen and oxygen atoms in total. The van der Waals surface area contributed by atoms with Gasteiger partial charge in [0.1, 0.15) is 5.70 Å². The molecule has 3 N–H and O–H groups in total. The fraction of sp³-hybridized carbons (Fsp3) is 0.714. The molecule has 110 valence electrons. The molecule has 0 bridgehead atoms. The van der Waals surface area contributed by atoms with Gasteiger partial charge in [0, 0.05) is 12.6 Å². The molecular weight excluding hydrogens is 260 g/mol. The van der Waals surface area contributed by atoms with E-state index in [1.807, 2.05) is 0 Å². The third-order valence-electron chi connectivity index (χ3n) is 4.81. The van der Waals surface area contributed by atoms with Crippen LogP contribution in [0.1, 0.15) is 26.7 Å². The maximum Gasteiger partial charge on any atom is 0.352 e. The second-order valence-electron chi connectivity index (χ2n) is 6.17. The van der Waals surface area contributed by atoms with Crippen LogP contribution in [0.2, 0.25) is 0 Å². The first-order chi connectivity index (χ1) is 9.41. The van der Waals surface area contributed by atoms with E-state index in [0.717, 1.165) is 18.5 Å². The third-order valence-corrected chi connectivity index (χ3v) is 4.81. The van der Waals surface area contributed by atoms with Crippen molar-refractivity contribution >= 4 is 11.9 Å². The Labute approximate surface area is 117 Å². The molecule has 0 spiro atoms. The molecule has 1 unspecified atom stereocenters. The zero-order valence-corrected chi connectivity index (χ0v) is 11.7. The lowest BCUT2D eigenvalue weighted by molar-refractivity contribution is -0.161. The van der Waals surface area contributed by atoms with Crippen LogP contribution in [-0.2, 0) is 9.59 Å². The van der Waals surface area contributed by atoms with Crippen molar-refractivity contribution in [2.45, 2.75) is 44.9 Å². The fourth-order valence-corrected chi connectivity index (χ4v) is 3.87. The van der Waals surface area contributed by atoms with Gasteiger partial charge in [-0.25, -0.2) is 4.79 Å². The van der Waals surface area contributed by atoms with E-state index >= 15 is 0 Å². The Balaban J connectivity index is 1.90. The number of β-lactam (4-membered cyclic amide) rings is 1. The molecule has 0 aromatic carbocycles. The number of aliphatic hydroxyl groups excluding tert-OH is 1. The molecule has 3 heterocycles. The van der Waals surface area contributed by atoms with Gasteiger partial charge in [-0.3, -0.25) is 4.79 Å². The smallest absolute Gasteiger partial charge is 0.352 e. The summed E-state index contributed by atoms with van der Waals surface area (Å²) in [7, 11) is 0. The molecule has 0 radical (unpaired) electrons. The number of nitrogens with one attached hydrogen (secondary N) is 1. The summed E-state index contributed by atoms with van der Waals surface area (Å²) in [6.45, 7) is 4.44. The van der Waals surface area contributed by atoms with Crippen LogP contribution >= 0.6 is 0 Å². The minimum Gasteiger partial charge on any atom is -0.477 e. The summed E-state index contributed by atoms with van der Waals surface area (Å²) < 4.78 is 0. The lowest BCUT2D eigenvalue weighted by Gasteiger charge is -2.44. The summed E-state index contributed by atoms with van der Waals surface area (Å²) in [6, 6.07) is 0.207. The Bertz CT molecular complexity index is 499. The molecule has 0 aromatic rings. The number of nitrogens with zero attached hydrogens (tertiary/aromatic N) is 1. The van der Waals surface area contributed by atoms with Gasteiger partial charge >= 0.3 is 5.97 Å². The molecule has 1 amide bonds. The molecule has 6 heteroatoms. The quantitative estimate of drug-likeness (QED) is 0.630. The van der Waals surface area contributed by atoms with E-state index in [1.165, 1.54) is 4.90 Å². The van der Waals surface area contributed by atoms with Crippen molar-refractivity contribution in [1.29, 1.82) is 0 Å². The Kier molecular flexibility index (Phi) is 3.10. The number of carbonyl (C=O) groups excluding carboxylic acids is 1. The van der Waals surface area contributed by atoms with Crippen molar-refractivity contribution in [1.82, 2.24) is 10.2 Å². The van der Waals surface area contributed by atoms with Crippen LogP contribution in [0.15, 0.2) is 11.3 Å². The summed E-state index contributed by atoms with van der Waals surface area (Å²) in [5.41, 5.74) is 1.04. The van der Waals surface area contributed by atoms with E-state index in [-0.39, 0.29) is 23.6 Å².